The summed E-state index contributed by atoms with van der Waals surface area (Å²) in [6.07, 6.45) is 3.72. The summed E-state index contributed by atoms with van der Waals surface area (Å²) in [6.45, 7) is 6.88. The Hall–Kier alpha value is -3.02. The smallest absolute Gasteiger partial charge is 0.315 e. The van der Waals surface area contributed by atoms with Crippen molar-refractivity contribution in [2.45, 2.75) is 39.9 Å². The third-order valence-corrected chi connectivity index (χ3v) is 4.22. The zero-order chi connectivity index (χ0) is 18.5. The van der Waals surface area contributed by atoms with Gasteiger partial charge in [-0.25, -0.2) is 4.79 Å². The molecule has 3 aromatic rings. The van der Waals surface area contributed by atoms with Gasteiger partial charge in [-0.05, 0) is 32.4 Å². The quantitative estimate of drug-likeness (QED) is 0.710. The highest BCUT2D eigenvalue weighted by atomic mass is 16.3. The van der Waals surface area contributed by atoms with Crippen molar-refractivity contribution in [3.63, 3.8) is 0 Å². The molecule has 2 aromatic heterocycles. The van der Waals surface area contributed by atoms with Gasteiger partial charge in [-0.15, -0.1) is 0 Å². The van der Waals surface area contributed by atoms with Crippen LogP contribution in [0.2, 0.25) is 0 Å². The van der Waals surface area contributed by atoms with E-state index in [0.29, 0.717) is 13.1 Å². The van der Waals surface area contributed by atoms with E-state index in [4.69, 9.17) is 4.42 Å². The minimum atomic E-state index is -0.216. The van der Waals surface area contributed by atoms with Gasteiger partial charge < -0.3 is 15.1 Å². The Morgan fingerprint density at radius 3 is 2.69 bits per heavy atom. The van der Waals surface area contributed by atoms with Gasteiger partial charge >= 0.3 is 6.03 Å². The van der Waals surface area contributed by atoms with E-state index in [1.165, 1.54) is 5.56 Å². The third kappa shape index (κ3) is 4.53. The van der Waals surface area contributed by atoms with E-state index in [0.717, 1.165) is 22.6 Å². The molecule has 2 N–H and O–H groups in total. The second-order valence-electron chi connectivity index (χ2n) is 6.45. The maximum Gasteiger partial charge on any atom is 0.315 e. The van der Waals surface area contributed by atoms with Crippen LogP contribution >= 0.6 is 0 Å². The summed E-state index contributed by atoms with van der Waals surface area (Å²) in [5.74, 6) is 1.68. The molecule has 136 valence electrons. The molecule has 0 bridgehead atoms. The van der Waals surface area contributed by atoms with Crippen molar-refractivity contribution in [2.75, 3.05) is 0 Å². The molecule has 3 rings (SSSR count). The molecule has 0 aliphatic rings. The SMILES string of the molecule is Cc1cc(C(C)NC(=O)NCc2cnn(Cc3ccccc3)c2)c(C)o1. The molecule has 0 fully saturated rings. The number of aromatic nitrogens is 2. The maximum absolute atomic E-state index is 12.1. The molecule has 0 saturated heterocycles. The Bertz CT molecular complexity index is 867. The Labute approximate surface area is 153 Å². The molecule has 0 saturated carbocycles. The number of aryl methyl sites for hydroxylation is 2. The van der Waals surface area contributed by atoms with Crippen molar-refractivity contribution in [2.24, 2.45) is 0 Å². The Morgan fingerprint density at radius 1 is 1.23 bits per heavy atom. The Balaban J connectivity index is 1.49. The van der Waals surface area contributed by atoms with Gasteiger partial charge in [0.2, 0.25) is 0 Å². The number of nitrogens with zero attached hydrogens (tertiary/aromatic N) is 2. The van der Waals surface area contributed by atoms with E-state index in [1.54, 1.807) is 6.20 Å². The van der Waals surface area contributed by atoms with Crippen molar-refractivity contribution < 1.29 is 9.21 Å². The number of carbonyl (C=O) groups is 1. The van der Waals surface area contributed by atoms with Crippen LogP contribution in [0, 0.1) is 13.8 Å². The van der Waals surface area contributed by atoms with Gasteiger partial charge in [0, 0.05) is 23.9 Å². The molecule has 2 amide bonds. The van der Waals surface area contributed by atoms with E-state index in [1.807, 2.05) is 55.9 Å². The number of carbonyl (C=O) groups excluding carboxylic acids is 1. The second kappa shape index (κ2) is 7.91. The summed E-state index contributed by atoms with van der Waals surface area (Å²) in [4.78, 5) is 12.1. The highest BCUT2D eigenvalue weighted by Gasteiger charge is 2.15. The Kier molecular flexibility index (Phi) is 5.41. The van der Waals surface area contributed by atoms with Crippen LogP contribution in [0.15, 0.2) is 53.2 Å². The van der Waals surface area contributed by atoms with Crippen molar-refractivity contribution in [3.05, 3.63) is 77.0 Å². The summed E-state index contributed by atoms with van der Waals surface area (Å²) < 4.78 is 7.38. The van der Waals surface area contributed by atoms with Crippen LogP contribution in [0.1, 0.15) is 41.2 Å². The van der Waals surface area contributed by atoms with Gasteiger partial charge in [-0.1, -0.05) is 30.3 Å². The first-order valence-corrected chi connectivity index (χ1v) is 8.68. The fourth-order valence-corrected chi connectivity index (χ4v) is 2.94. The fraction of sp³-hybridized carbons (Fsp3) is 0.300. The molecule has 26 heavy (non-hydrogen) atoms. The Morgan fingerprint density at radius 2 is 2.00 bits per heavy atom. The monoisotopic (exact) mass is 352 g/mol. The zero-order valence-electron chi connectivity index (χ0n) is 15.3. The first-order chi connectivity index (χ1) is 12.5. The van der Waals surface area contributed by atoms with Crippen LogP contribution in [0.3, 0.4) is 0 Å². The lowest BCUT2D eigenvalue weighted by Gasteiger charge is -2.13. The van der Waals surface area contributed by atoms with Gasteiger partial charge in [-0.3, -0.25) is 4.68 Å². The number of furan rings is 1. The predicted octanol–water partition coefficient (Wildman–Crippen LogP) is 3.70. The molecule has 0 radical (unpaired) electrons. The number of hydrogen-bond acceptors (Lipinski definition) is 3. The van der Waals surface area contributed by atoms with Gasteiger partial charge in [0.1, 0.15) is 11.5 Å². The lowest BCUT2D eigenvalue weighted by molar-refractivity contribution is 0.237. The molecule has 1 atom stereocenters. The van der Waals surface area contributed by atoms with Crippen LogP contribution < -0.4 is 10.6 Å². The van der Waals surface area contributed by atoms with Gasteiger partial charge in [0.25, 0.3) is 0 Å². The molecular weight excluding hydrogens is 328 g/mol. The number of rotatable bonds is 6. The molecular formula is C20H24N4O2. The molecule has 6 nitrogen and oxygen atoms in total. The third-order valence-electron chi connectivity index (χ3n) is 4.22. The first kappa shape index (κ1) is 17.8. The average molecular weight is 352 g/mol. The van der Waals surface area contributed by atoms with Crippen LogP contribution in [0.4, 0.5) is 4.79 Å². The maximum atomic E-state index is 12.1. The number of urea groups is 1. The molecule has 6 heteroatoms. The lowest BCUT2D eigenvalue weighted by atomic mass is 10.1. The molecule has 0 aliphatic carbocycles. The number of amides is 2. The minimum Gasteiger partial charge on any atom is -0.466 e. The fourth-order valence-electron chi connectivity index (χ4n) is 2.94. The van der Waals surface area contributed by atoms with Gasteiger partial charge in [0.15, 0.2) is 0 Å². The summed E-state index contributed by atoms with van der Waals surface area (Å²) in [5.41, 5.74) is 3.14. The largest absolute Gasteiger partial charge is 0.466 e. The first-order valence-electron chi connectivity index (χ1n) is 8.68. The predicted molar refractivity (Wildman–Crippen MR) is 99.7 cm³/mol. The summed E-state index contributed by atoms with van der Waals surface area (Å²) in [5, 5.41) is 10.1. The van der Waals surface area contributed by atoms with E-state index < -0.39 is 0 Å². The lowest BCUT2D eigenvalue weighted by Crippen LogP contribution is -2.36. The normalized spacial score (nSPS) is 12.0. The van der Waals surface area contributed by atoms with Crippen molar-refractivity contribution in [1.82, 2.24) is 20.4 Å². The van der Waals surface area contributed by atoms with E-state index >= 15 is 0 Å². The summed E-state index contributed by atoms with van der Waals surface area (Å²) >= 11 is 0. The van der Waals surface area contributed by atoms with E-state index in [-0.39, 0.29) is 12.1 Å². The highest BCUT2D eigenvalue weighted by Crippen LogP contribution is 2.20. The number of benzene rings is 1. The van der Waals surface area contributed by atoms with Gasteiger partial charge in [0.05, 0.1) is 18.8 Å². The second-order valence-corrected chi connectivity index (χ2v) is 6.45. The zero-order valence-corrected chi connectivity index (χ0v) is 15.3. The summed E-state index contributed by atoms with van der Waals surface area (Å²) in [7, 11) is 0. The molecule has 0 aliphatic heterocycles. The van der Waals surface area contributed by atoms with Crippen molar-refractivity contribution in [1.29, 1.82) is 0 Å². The van der Waals surface area contributed by atoms with Crippen molar-refractivity contribution in [3.8, 4) is 0 Å². The van der Waals surface area contributed by atoms with Crippen LogP contribution in [-0.2, 0) is 13.1 Å². The van der Waals surface area contributed by atoms with E-state index in [9.17, 15) is 4.79 Å². The van der Waals surface area contributed by atoms with Crippen LogP contribution in [-0.4, -0.2) is 15.8 Å². The standard InChI is InChI=1S/C20H24N4O2/c1-14-9-19(16(3)26-14)15(2)23-20(25)21-10-18-11-22-24(13-18)12-17-7-5-4-6-8-17/h4-9,11,13,15H,10,12H2,1-3H3,(H2,21,23,25). The molecule has 1 unspecified atom stereocenters. The average Bonchev–Trinajstić information content (AvgIpc) is 3.19. The highest BCUT2D eigenvalue weighted by molar-refractivity contribution is 5.74. The molecule has 1 aromatic carbocycles. The molecule has 0 spiro atoms. The number of nitrogens with one attached hydrogen (secondary N) is 2. The van der Waals surface area contributed by atoms with E-state index in [2.05, 4.69) is 27.9 Å². The van der Waals surface area contributed by atoms with Crippen molar-refractivity contribution >= 4 is 6.03 Å². The minimum absolute atomic E-state index is 0.117. The van der Waals surface area contributed by atoms with Gasteiger partial charge in [-0.2, -0.15) is 5.10 Å². The molecule has 2 heterocycles. The van der Waals surface area contributed by atoms with Crippen LogP contribution in [0.25, 0.3) is 0 Å². The topological polar surface area (TPSA) is 72.1 Å². The number of hydrogen-bond donors (Lipinski definition) is 2. The summed E-state index contributed by atoms with van der Waals surface area (Å²) in [6, 6.07) is 11.8. The van der Waals surface area contributed by atoms with Crippen LogP contribution in [0.5, 0.6) is 0 Å².